The van der Waals surface area contributed by atoms with Crippen molar-refractivity contribution in [1.29, 1.82) is 0 Å². The lowest BCUT2D eigenvalue weighted by Gasteiger charge is -2.39. The van der Waals surface area contributed by atoms with Gasteiger partial charge in [0.25, 0.3) is 5.56 Å². The molecule has 3 aromatic rings. The molecule has 0 saturated carbocycles. The quantitative estimate of drug-likeness (QED) is 0.579. The number of rotatable bonds is 6. The van der Waals surface area contributed by atoms with Crippen molar-refractivity contribution < 1.29 is 14.3 Å². The van der Waals surface area contributed by atoms with Gasteiger partial charge in [0.15, 0.2) is 0 Å². The van der Waals surface area contributed by atoms with Crippen LogP contribution in [-0.4, -0.2) is 34.9 Å². The van der Waals surface area contributed by atoms with Crippen LogP contribution < -0.4 is 11.2 Å². The molecule has 0 spiro atoms. The molecule has 4 rings (SSSR count). The van der Waals surface area contributed by atoms with E-state index in [2.05, 4.69) is 0 Å². The van der Waals surface area contributed by atoms with Crippen LogP contribution in [0.4, 0.5) is 0 Å². The molecule has 152 valence electrons. The van der Waals surface area contributed by atoms with E-state index in [-0.39, 0.29) is 29.5 Å². The molecule has 3 heterocycles. The third-order valence-electron chi connectivity index (χ3n) is 5.53. The highest BCUT2D eigenvalue weighted by Gasteiger charge is 2.38. The predicted octanol–water partition coefficient (Wildman–Crippen LogP) is 2.39. The zero-order chi connectivity index (χ0) is 20.6. The summed E-state index contributed by atoms with van der Waals surface area (Å²) >= 11 is 1.20. The van der Waals surface area contributed by atoms with Crippen molar-refractivity contribution in [1.82, 2.24) is 9.13 Å². The first-order valence-electron chi connectivity index (χ1n) is 9.45. The fourth-order valence-corrected chi connectivity index (χ4v) is 4.42. The van der Waals surface area contributed by atoms with Crippen molar-refractivity contribution in [3.63, 3.8) is 0 Å². The summed E-state index contributed by atoms with van der Waals surface area (Å²) < 4.78 is 13.4. The number of aryl methyl sites for hydroxylation is 1. The van der Waals surface area contributed by atoms with Crippen LogP contribution in [0.3, 0.4) is 0 Å². The summed E-state index contributed by atoms with van der Waals surface area (Å²) in [6.07, 6.45) is 0.850. The van der Waals surface area contributed by atoms with Gasteiger partial charge in [0.1, 0.15) is 11.4 Å². The fourth-order valence-electron chi connectivity index (χ4n) is 3.42. The van der Waals surface area contributed by atoms with Crippen molar-refractivity contribution >= 4 is 27.5 Å². The van der Waals surface area contributed by atoms with E-state index in [9.17, 15) is 14.4 Å². The highest BCUT2D eigenvalue weighted by molar-refractivity contribution is 7.17. The minimum Gasteiger partial charge on any atom is -0.461 e. The highest BCUT2D eigenvalue weighted by Crippen LogP contribution is 2.32. The van der Waals surface area contributed by atoms with Crippen LogP contribution in [0.5, 0.6) is 0 Å². The maximum absolute atomic E-state index is 13.1. The summed E-state index contributed by atoms with van der Waals surface area (Å²) in [5, 5.41) is 1.82. The standard InChI is InChI=1S/C21H22N2O5S/c1-3-21(11-27-12-21)13-28-19(25)15-10-29-18-16(15)17(24)23(20(26)22(18)2)9-14-7-5-4-6-8-14/h4-8,10H,3,9,11-13H2,1-2H3. The van der Waals surface area contributed by atoms with E-state index in [0.717, 1.165) is 16.6 Å². The second kappa shape index (κ2) is 7.61. The Kier molecular flexibility index (Phi) is 5.14. The Labute approximate surface area is 171 Å². The molecule has 8 heteroatoms. The molecule has 0 atom stereocenters. The van der Waals surface area contributed by atoms with Crippen molar-refractivity contribution in [3.05, 3.63) is 67.7 Å². The van der Waals surface area contributed by atoms with Crippen molar-refractivity contribution in [2.75, 3.05) is 19.8 Å². The summed E-state index contributed by atoms with van der Waals surface area (Å²) in [7, 11) is 1.61. The monoisotopic (exact) mass is 414 g/mol. The highest BCUT2D eigenvalue weighted by atomic mass is 32.1. The van der Waals surface area contributed by atoms with Gasteiger partial charge in [-0.3, -0.25) is 13.9 Å². The Hall–Kier alpha value is -2.71. The zero-order valence-electron chi connectivity index (χ0n) is 16.3. The van der Waals surface area contributed by atoms with Crippen molar-refractivity contribution in [3.8, 4) is 0 Å². The largest absolute Gasteiger partial charge is 0.461 e. The molecule has 0 amide bonds. The topological polar surface area (TPSA) is 79.5 Å². The average Bonchev–Trinajstić information content (AvgIpc) is 3.15. The van der Waals surface area contributed by atoms with E-state index in [1.807, 2.05) is 37.3 Å². The van der Waals surface area contributed by atoms with Crippen LogP contribution >= 0.6 is 11.3 Å². The number of fused-ring (bicyclic) bond motifs is 1. The van der Waals surface area contributed by atoms with E-state index in [1.165, 1.54) is 15.9 Å². The first kappa shape index (κ1) is 19.6. The number of thiophene rings is 1. The number of nitrogens with zero attached hydrogens (tertiary/aromatic N) is 2. The molecule has 1 aliphatic rings. The van der Waals surface area contributed by atoms with Gasteiger partial charge in [-0.1, -0.05) is 37.3 Å². The summed E-state index contributed by atoms with van der Waals surface area (Å²) in [6, 6.07) is 9.28. The molecular formula is C21H22N2O5S. The molecule has 1 aliphatic heterocycles. The van der Waals surface area contributed by atoms with Gasteiger partial charge in [0.2, 0.25) is 0 Å². The number of ether oxygens (including phenoxy) is 2. The number of carbonyl (C=O) groups is 1. The molecule has 1 saturated heterocycles. The number of esters is 1. The van der Waals surface area contributed by atoms with Gasteiger partial charge in [0, 0.05) is 12.4 Å². The minimum atomic E-state index is -0.544. The lowest BCUT2D eigenvalue weighted by atomic mass is 9.84. The Bertz CT molecular complexity index is 1170. The van der Waals surface area contributed by atoms with Crippen LogP contribution in [-0.2, 0) is 23.1 Å². The Morgan fingerprint density at radius 1 is 1.24 bits per heavy atom. The van der Waals surface area contributed by atoms with E-state index < -0.39 is 17.2 Å². The Morgan fingerprint density at radius 2 is 1.97 bits per heavy atom. The lowest BCUT2D eigenvalue weighted by Crippen LogP contribution is -2.46. The van der Waals surface area contributed by atoms with Crippen molar-refractivity contribution in [2.24, 2.45) is 12.5 Å². The Morgan fingerprint density at radius 3 is 2.59 bits per heavy atom. The molecule has 1 aromatic carbocycles. The smallest absolute Gasteiger partial charge is 0.339 e. The van der Waals surface area contributed by atoms with E-state index in [1.54, 1.807) is 12.4 Å². The van der Waals surface area contributed by atoms with Gasteiger partial charge < -0.3 is 9.47 Å². The maximum atomic E-state index is 13.1. The SMILES string of the molecule is CCC1(COC(=O)c2csc3c2c(=O)n(Cc2ccccc2)c(=O)n3C)COC1. The maximum Gasteiger partial charge on any atom is 0.339 e. The summed E-state index contributed by atoms with van der Waals surface area (Å²) in [5.41, 5.74) is 0.0168. The number of aromatic nitrogens is 2. The van der Waals surface area contributed by atoms with E-state index in [0.29, 0.717) is 18.0 Å². The first-order valence-corrected chi connectivity index (χ1v) is 10.3. The van der Waals surface area contributed by atoms with Gasteiger partial charge in [-0.25, -0.2) is 9.59 Å². The van der Waals surface area contributed by atoms with Crippen LogP contribution in [0.2, 0.25) is 0 Å². The minimum absolute atomic E-state index is 0.137. The molecule has 0 radical (unpaired) electrons. The molecule has 0 aliphatic carbocycles. The van der Waals surface area contributed by atoms with E-state index in [4.69, 9.17) is 9.47 Å². The molecule has 0 N–H and O–H groups in total. The summed E-state index contributed by atoms with van der Waals surface area (Å²) in [6.45, 7) is 3.57. The predicted molar refractivity (Wildman–Crippen MR) is 111 cm³/mol. The van der Waals surface area contributed by atoms with Crippen LogP contribution in [0.1, 0.15) is 29.3 Å². The summed E-state index contributed by atoms with van der Waals surface area (Å²) in [4.78, 5) is 39.1. The normalized spacial score (nSPS) is 15.2. The number of benzene rings is 1. The van der Waals surface area contributed by atoms with Crippen LogP contribution in [0.25, 0.3) is 10.2 Å². The third kappa shape index (κ3) is 3.42. The average molecular weight is 414 g/mol. The number of carbonyl (C=O) groups excluding carboxylic acids is 1. The second-order valence-corrected chi connectivity index (χ2v) is 8.33. The van der Waals surface area contributed by atoms with Gasteiger partial charge in [-0.2, -0.15) is 0 Å². The molecule has 7 nitrogen and oxygen atoms in total. The third-order valence-corrected chi connectivity index (χ3v) is 6.59. The summed E-state index contributed by atoms with van der Waals surface area (Å²) in [5.74, 6) is -0.544. The lowest BCUT2D eigenvalue weighted by molar-refractivity contribution is -0.140. The van der Waals surface area contributed by atoms with E-state index >= 15 is 0 Å². The van der Waals surface area contributed by atoms with Gasteiger partial charge in [-0.15, -0.1) is 11.3 Å². The molecule has 1 fully saturated rings. The molecule has 0 bridgehead atoms. The molecular weight excluding hydrogens is 392 g/mol. The van der Waals surface area contributed by atoms with Crippen molar-refractivity contribution in [2.45, 2.75) is 19.9 Å². The molecule has 0 unspecified atom stereocenters. The van der Waals surface area contributed by atoms with Gasteiger partial charge in [0.05, 0.1) is 36.1 Å². The Balaban J connectivity index is 1.72. The number of hydrogen-bond donors (Lipinski definition) is 0. The molecule has 29 heavy (non-hydrogen) atoms. The van der Waals surface area contributed by atoms with Crippen LogP contribution in [0.15, 0.2) is 45.3 Å². The number of hydrogen-bond acceptors (Lipinski definition) is 6. The zero-order valence-corrected chi connectivity index (χ0v) is 17.2. The fraction of sp³-hybridized carbons (Fsp3) is 0.381. The van der Waals surface area contributed by atoms with Gasteiger partial charge >= 0.3 is 11.7 Å². The first-order chi connectivity index (χ1) is 14.0. The molecule has 2 aromatic heterocycles. The van der Waals surface area contributed by atoms with Crippen LogP contribution in [0, 0.1) is 5.41 Å². The second-order valence-electron chi connectivity index (χ2n) is 7.47. The van der Waals surface area contributed by atoms with Gasteiger partial charge in [-0.05, 0) is 12.0 Å².